The Bertz CT molecular complexity index is 312. The van der Waals surface area contributed by atoms with Gasteiger partial charge in [0.05, 0.1) is 0 Å². The lowest BCUT2D eigenvalue weighted by atomic mass is 10.1. The zero-order valence-corrected chi connectivity index (χ0v) is 10.3. The third-order valence-corrected chi connectivity index (χ3v) is 3.37. The molecule has 1 aromatic rings. The van der Waals surface area contributed by atoms with E-state index < -0.39 is 0 Å². The molecule has 1 aliphatic heterocycles. The smallest absolute Gasteiger partial charge is 0.128 e. The van der Waals surface area contributed by atoms with Crippen molar-refractivity contribution in [3.8, 4) is 0 Å². The van der Waals surface area contributed by atoms with Crippen LogP contribution in [0.5, 0.6) is 0 Å². The highest BCUT2D eigenvalue weighted by molar-refractivity contribution is 9.10. The summed E-state index contributed by atoms with van der Waals surface area (Å²) in [5.41, 5.74) is 5.57. The van der Waals surface area contributed by atoms with E-state index >= 15 is 0 Å². The molecule has 15 heavy (non-hydrogen) atoms. The van der Waals surface area contributed by atoms with E-state index in [4.69, 9.17) is 5.73 Å². The van der Waals surface area contributed by atoms with Gasteiger partial charge in [-0.05, 0) is 53.4 Å². The highest BCUT2D eigenvalue weighted by atomic mass is 79.9. The number of hydrogen-bond acceptors (Lipinski definition) is 3. The number of rotatable bonds is 3. The van der Waals surface area contributed by atoms with Crippen LogP contribution in [-0.2, 0) is 0 Å². The van der Waals surface area contributed by atoms with Crippen LogP contribution in [0.15, 0.2) is 22.8 Å². The second kappa shape index (κ2) is 4.94. The van der Waals surface area contributed by atoms with Crippen molar-refractivity contribution in [1.82, 2.24) is 4.98 Å². The predicted molar refractivity (Wildman–Crippen MR) is 65.9 cm³/mol. The summed E-state index contributed by atoms with van der Waals surface area (Å²) >= 11 is 3.39. The maximum atomic E-state index is 5.57. The largest absolute Gasteiger partial charge is 0.356 e. The van der Waals surface area contributed by atoms with E-state index in [0.29, 0.717) is 0 Å². The summed E-state index contributed by atoms with van der Waals surface area (Å²) in [6, 6.07) is 4.10. The molecule has 1 saturated heterocycles. The predicted octanol–water partition coefficient (Wildman–Crippen LogP) is 2.02. The molecular formula is C11H16BrN3. The fraction of sp³-hybridized carbons (Fsp3) is 0.545. The Morgan fingerprint density at radius 2 is 2.40 bits per heavy atom. The molecule has 1 aromatic heterocycles. The van der Waals surface area contributed by atoms with Crippen LogP contribution in [0.25, 0.3) is 0 Å². The van der Waals surface area contributed by atoms with Crippen molar-refractivity contribution < 1.29 is 0 Å². The lowest BCUT2D eigenvalue weighted by Crippen LogP contribution is -2.21. The Morgan fingerprint density at radius 3 is 3.07 bits per heavy atom. The van der Waals surface area contributed by atoms with Gasteiger partial charge in [-0.15, -0.1) is 0 Å². The standard InChI is InChI=1S/C11H16BrN3/c12-10-1-2-11(14-7-10)15-6-4-9(8-15)3-5-13/h1-2,7,9H,3-6,8,13H2. The van der Waals surface area contributed by atoms with E-state index in [1.807, 2.05) is 12.3 Å². The van der Waals surface area contributed by atoms with Crippen molar-refractivity contribution in [3.05, 3.63) is 22.8 Å². The Morgan fingerprint density at radius 1 is 1.53 bits per heavy atom. The fourth-order valence-electron chi connectivity index (χ4n) is 2.07. The SMILES string of the molecule is NCCC1CCN(c2ccc(Br)cn2)C1. The van der Waals surface area contributed by atoms with E-state index in [-0.39, 0.29) is 0 Å². The van der Waals surface area contributed by atoms with Crippen LogP contribution in [0, 0.1) is 5.92 Å². The topological polar surface area (TPSA) is 42.1 Å². The van der Waals surface area contributed by atoms with Crippen LogP contribution in [0.4, 0.5) is 5.82 Å². The molecule has 0 amide bonds. The van der Waals surface area contributed by atoms with Crippen LogP contribution in [0.2, 0.25) is 0 Å². The number of pyridine rings is 1. The van der Waals surface area contributed by atoms with Crippen molar-refractivity contribution in [2.75, 3.05) is 24.5 Å². The van der Waals surface area contributed by atoms with Crippen molar-refractivity contribution in [1.29, 1.82) is 0 Å². The fourth-order valence-corrected chi connectivity index (χ4v) is 2.30. The molecule has 0 aromatic carbocycles. The zero-order chi connectivity index (χ0) is 10.7. The molecule has 1 unspecified atom stereocenters. The summed E-state index contributed by atoms with van der Waals surface area (Å²) in [5.74, 6) is 1.83. The number of nitrogens with two attached hydrogens (primary N) is 1. The molecule has 0 spiro atoms. The molecule has 1 atom stereocenters. The Hall–Kier alpha value is -0.610. The molecule has 4 heteroatoms. The van der Waals surface area contributed by atoms with Gasteiger partial charge in [0.15, 0.2) is 0 Å². The Kier molecular flexibility index (Phi) is 3.59. The zero-order valence-electron chi connectivity index (χ0n) is 8.69. The van der Waals surface area contributed by atoms with Gasteiger partial charge >= 0.3 is 0 Å². The second-order valence-electron chi connectivity index (χ2n) is 4.01. The van der Waals surface area contributed by atoms with Gasteiger partial charge in [0.2, 0.25) is 0 Å². The van der Waals surface area contributed by atoms with Gasteiger partial charge in [-0.25, -0.2) is 4.98 Å². The number of halogens is 1. The summed E-state index contributed by atoms with van der Waals surface area (Å²) < 4.78 is 1.03. The molecule has 2 N–H and O–H groups in total. The molecule has 0 saturated carbocycles. The summed E-state index contributed by atoms with van der Waals surface area (Å²) in [4.78, 5) is 6.74. The van der Waals surface area contributed by atoms with E-state index in [1.165, 1.54) is 6.42 Å². The monoisotopic (exact) mass is 269 g/mol. The van der Waals surface area contributed by atoms with Crippen molar-refractivity contribution in [2.24, 2.45) is 11.7 Å². The van der Waals surface area contributed by atoms with Crippen LogP contribution >= 0.6 is 15.9 Å². The summed E-state index contributed by atoms with van der Waals surface area (Å²) in [6.07, 6.45) is 4.23. The number of nitrogens with zero attached hydrogens (tertiary/aromatic N) is 2. The first kappa shape index (κ1) is 10.9. The molecule has 2 heterocycles. The highest BCUT2D eigenvalue weighted by Crippen LogP contribution is 2.24. The molecule has 0 aliphatic carbocycles. The third kappa shape index (κ3) is 2.69. The summed E-state index contributed by atoms with van der Waals surface area (Å²) in [5, 5.41) is 0. The lowest BCUT2D eigenvalue weighted by molar-refractivity contribution is 0.546. The molecule has 3 nitrogen and oxygen atoms in total. The molecule has 2 rings (SSSR count). The first-order valence-electron chi connectivity index (χ1n) is 5.36. The van der Waals surface area contributed by atoms with E-state index in [9.17, 15) is 0 Å². The molecule has 82 valence electrons. The molecule has 1 fully saturated rings. The minimum Gasteiger partial charge on any atom is -0.356 e. The average molecular weight is 270 g/mol. The van der Waals surface area contributed by atoms with Gasteiger partial charge in [-0.3, -0.25) is 0 Å². The summed E-state index contributed by atoms with van der Waals surface area (Å²) in [6.45, 7) is 3.01. The molecule has 0 bridgehead atoms. The minimum atomic E-state index is 0.750. The second-order valence-corrected chi connectivity index (χ2v) is 4.93. The van der Waals surface area contributed by atoms with Crippen molar-refractivity contribution in [2.45, 2.75) is 12.8 Å². The van der Waals surface area contributed by atoms with Gasteiger partial charge in [-0.2, -0.15) is 0 Å². The summed E-state index contributed by atoms with van der Waals surface area (Å²) in [7, 11) is 0. The molecule has 0 radical (unpaired) electrons. The van der Waals surface area contributed by atoms with Crippen LogP contribution in [0.1, 0.15) is 12.8 Å². The Balaban J connectivity index is 1.98. The van der Waals surface area contributed by atoms with Gasteiger partial charge < -0.3 is 10.6 Å². The number of hydrogen-bond donors (Lipinski definition) is 1. The van der Waals surface area contributed by atoms with Gasteiger partial charge in [0.25, 0.3) is 0 Å². The highest BCUT2D eigenvalue weighted by Gasteiger charge is 2.22. The maximum absolute atomic E-state index is 5.57. The van der Waals surface area contributed by atoms with Gasteiger partial charge in [-0.1, -0.05) is 0 Å². The van der Waals surface area contributed by atoms with Crippen LogP contribution < -0.4 is 10.6 Å². The maximum Gasteiger partial charge on any atom is 0.128 e. The quantitative estimate of drug-likeness (QED) is 0.913. The van der Waals surface area contributed by atoms with E-state index in [0.717, 1.165) is 42.3 Å². The third-order valence-electron chi connectivity index (χ3n) is 2.90. The minimum absolute atomic E-state index is 0.750. The van der Waals surface area contributed by atoms with E-state index in [2.05, 4.69) is 31.9 Å². The van der Waals surface area contributed by atoms with Gasteiger partial charge in [0, 0.05) is 23.8 Å². The normalized spacial score (nSPS) is 20.9. The van der Waals surface area contributed by atoms with Crippen LogP contribution in [0.3, 0.4) is 0 Å². The van der Waals surface area contributed by atoms with Gasteiger partial charge in [0.1, 0.15) is 5.82 Å². The first-order chi connectivity index (χ1) is 7.29. The molecule has 1 aliphatic rings. The number of aromatic nitrogens is 1. The van der Waals surface area contributed by atoms with E-state index in [1.54, 1.807) is 0 Å². The number of anilines is 1. The molecular weight excluding hydrogens is 254 g/mol. The average Bonchev–Trinajstić information content (AvgIpc) is 2.68. The van der Waals surface area contributed by atoms with Crippen molar-refractivity contribution >= 4 is 21.7 Å². The van der Waals surface area contributed by atoms with Crippen LogP contribution in [-0.4, -0.2) is 24.6 Å². The Labute approximate surface area is 98.8 Å². The first-order valence-corrected chi connectivity index (χ1v) is 6.15. The van der Waals surface area contributed by atoms with Crippen molar-refractivity contribution in [3.63, 3.8) is 0 Å². The lowest BCUT2D eigenvalue weighted by Gasteiger charge is -2.17.